The Bertz CT molecular complexity index is 1060. The number of Topliss-reactive ketones (excluding diaryl/α,β-unsaturated/α-hetero) is 2. The molecule has 1 saturated carbocycles. The van der Waals surface area contributed by atoms with Crippen molar-refractivity contribution >= 4 is 29.6 Å². The van der Waals surface area contributed by atoms with Crippen LogP contribution in [0.3, 0.4) is 0 Å². The number of hydrogen-bond acceptors (Lipinski definition) is 5. The van der Waals surface area contributed by atoms with Gasteiger partial charge in [0.05, 0.1) is 17.0 Å². The highest BCUT2D eigenvalue weighted by atomic mass is 16.5. The lowest BCUT2D eigenvalue weighted by Gasteiger charge is -2.52. The molecule has 1 spiro atoms. The topological polar surface area (TPSA) is 92.8 Å². The summed E-state index contributed by atoms with van der Waals surface area (Å²) in [5, 5.41) is 2.72. The van der Waals surface area contributed by atoms with Crippen molar-refractivity contribution in [3.63, 3.8) is 0 Å². The van der Waals surface area contributed by atoms with Crippen molar-refractivity contribution in [3.05, 3.63) is 42.0 Å². The minimum atomic E-state index is -1.66. The quantitative estimate of drug-likeness (QED) is 0.614. The number of ketones is 2. The van der Waals surface area contributed by atoms with Crippen molar-refractivity contribution in [2.45, 2.75) is 38.0 Å². The van der Waals surface area contributed by atoms with E-state index >= 15 is 0 Å². The highest BCUT2D eigenvalue weighted by molar-refractivity contribution is 6.17. The molecule has 1 N–H and O–H groups in total. The van der Waals surface area contributed by atoms with Crippen LogP contribution in [0.4, 0.5) is 5.69 Å². The van der Waals surface area contributed by atoms with Crippen molar-refractivity contribution in [2.75, 3.05) is 11.9 Å². The Morgan fingerprint density at radius 3 is 2.48 bits per heavy atom. The zero-order chi connectivity index (χ0) is 21.1. The molecule has 5 atom stereocenters. The first-order valence-corrected chi connectivity index (χ1v) is 9.61. The van der Waals surface area contributed by atoms with Crippen LogP contribution in [0.5, 0.6) is 0 Å². The maximum absolute atomic E-state index is 14.1. The molecule has 4 aliphatic rings. The van der Waals surface area contributed by atoms with Crippen LogP contribution >= 0.6 is 0 Å². The number of ether oxygens (including phenoxy) is 1. The highest BCUT2D eigenvalue weighted by Gasteiger charge is 2.82. The minimum Gasteiger partial charge on any atom is -0.348 e. The van der Waals surface area contributed by atoms with E-state index in [4.69, 9.17) is 4.74 Å². The number of anilines is 1. The fourth-order valence-corrected chi connectivity index (χ4v) is 6.36. The molecule has 7 nitrogen and oxygen atoms in total. The first kappa shape index (κ1) is 18.2. The lowest BCUT2D eigenvalue weighted by molar-refractivity contribution is -0.169. The van der Waals surface area contributed by atoms with Gasteiger partial charge in [0, 0.05) is 18.0 Å². The number of likely N-dealkylation sites (N-methyl/N-ethyl adjacent to an activating group) is 1. The summed E-state index contributed by atoms with van der Waals surface area (Å²) in [6.07, 6.45) is 0.785. The Morgan fingerprint density at radius 2 is 1.86 bits per heavy atom. The lowest BCUT2D eigenvalue weighted by Crippen LogP contribution is -2.70. The molecule has 1 aromatic carbocycles. The van der Waals surface area contributed by atoms with E-state index in [2.05, 4.69) is 11.9 Å². The summed E-state index contributed by atoms with van der Waals surface area (Å²) in [7, 11) is 1.66. The van der Waals surface area contributed by atoms with Crippen molar-refractivity contribution in [1.29, 1.82) is 0 Å². The van der Waals surface area contributed by atoms with Crippen molar-refractivity contribution < 1.29 is 23.9 Å². The van der Waals surface area contributed by atoms with E-state index in [-0.39, 0.29) is 17.5 Å². The molecule has 3 bridgehead atoms. The summed E-state index contributed by atoms with van der Waals surface area (Å²) in [5.74, 6) is -1.86. The van der Waals surface area contributed by atoms with Gasteiger partial charge in [-0.05, 0) is 18.6 Å². The zero-order valence-electron chi connectivity index (χ0n) is 16.7. The molecule has 0 aromatic heterocycles. The van der Waals surface area contributed by atoms with Crippen LogP contribution in [0.25, 0.3) is 0 Å². The van der Waals surface area contributed by atoms with Gasteiger partial charge in [0.2, 0.25) is 6.41 Å². The van der Waals surface area contributed by atoms with Crippen LogP contribution in [-0.2, 0) is 35.1 Å². The van der Waals surface area contributed by atoms with Crippen LogP contribution in [0.2, 0.25) is 0 Å². The summed E-state index contributed by atoms with van der Waals surface area (Å²) < 4.78 is 6.34. The Hall–Kier alpha value is -2.80. The normalized spacial score (nSPS) is 40.7. The molecule has 150 valence electrons. The standard InChI is InChI=1S/C22H22N2O5/c1-6-20(4)17(27)15-14-16(26)21(20,23-10-25)11-8-7-9-12-13(11)22(29-15,19(14,2)3)18(28)24(12)5/h6-10,14-15H,1H2,2-5H3,(H,23,25)/t14-,15+,20+,21+,22-/m0/s1. The number of nitrogens with one attached hydrogen (secondary N) is 1. The minimum absolute atomic E-state index is 0.304. The molecular formula is C22H22N2O5. The van der Waals surface area contributed by atoms with Gasteiger partial charge in [-0.25, -0.2) is 0 Å². The first-order valence-electron chi connectivity index (χ1n) is 9.61. The fourth-order valence-electron chi connectivity index (χ4n) is 6.36. The first-order chi connectivity index (χ1) is 13.6. The van der Waals surface area contributed by atoms with E-state index in [1.807, 2.05) is 0 Å². The molecule has 1 aromatic rings. The number of amides is 2. The number of rotatable bonds is 3. The third-order valence-corrected chi connectivity index (χ3v) is 7.94. The molecule has 0 unspecified atom stereocenters. The predicted octanol–water partition coefficient (Wildman–Crippen LogP) is 1.20. The molecule has 2 aliphatic carbocycles. The molecule has 2 heterocycles. The zero-order valence-corrected chi connectivity index (χ0v) is 16.7. The Balaban J connectivity index is 2.06. The van der Waals surface area contributed by atoms with Crippen molar-refractivity contribution in [3.8, 4) is 0 Å². The molecule has 0 radical (unpaired) electrons. The number of nitrogens with zero attached hydrogens (tertiary/aromatic N) is 1. The van der Waals surface area contributed by atoms with Crippen LogP contribution in [-0.4, -0.2) is 37.0 Å². The second-order valence-electron chi connectivity index (χ2n) is 9.13. The second kappa shape index (κ2) is 4.84. The van der Waals surface area contributed by atoms with Gasteiger partial charge < -0.3 is 15.0 Å². The second-order valence-corrected chi connectivity index (χ2v) is 9.13. The maximum atomic E-state index is 14.1. The Morgan fingerprint density at radius 1 is 1.17 bits per heavy atom. The van der Waals surface area contributed by atoms with E-state index < -0.39 is 34.0 Å². The van der Waals surface area contributed by atoms with Gasteiger partial charge in [-0.15, -0.1) is 6.58 Å². The van der Waals surface area contributed by atoms with Crippen LogP contribution in [0, 0.1) is 16.7 Å². The number of benzene rings is 1. The monoisotopic (exact) mass is 394 g/mol. The van der Waals surface area contributed by atoms with Gasteiger partial charge in [-0.3, -0.25) is 19.2 Å². The number of carbonyl (C=O) groups is 4. The highest BCUT2D eigenvalue weighted by Crippen LogP contribution is 2.70. The third kappa shape index (κ3) is 1.44. The number of fused-ring (bicyclic) bond motifs is 2. The van der Waals surface area contributed by atoms with Crippen LogP contribution in [0.1, 0.15) is 31.9 Å². The van der Waals surface area contributed by atoms with Crippen molar-refractivity contribution in [1.82, 2.24) is 5.32 Å². The SMILES string of the molecule is C=C[C@]1(C)C(=O)[C@@H]2O[C@]34C(=O)N(C)c5cccc(c53)[C@@]1(NC=O)C(=O)[C@H]2C4(C)C. The van der Waals surface area contributed by atoms with Gasteiger partial charge in [-0.1, -0.05) is 32.1 Å². The summed E-state index contributed by atoms with van der Waals surface area (Å²) >= 11 is 0. The average molecular weight is 394 g/mol. The van der Waals surface area contributed by atoms with Gasteiger partial charge >= 0.3 is 0 Å². The van der Waals surface area contributed by atoms with Gasteiger partial charge in [0.25, 0.3) is 5.91 Å². The van der Waals surface area contributed by atoms with Gasteiger partial charge in [0.1, 0.15) is 11.6 Å². The lowest BCUT2D eigenvalue weighted by atomic mass is 9.52. The molecule has 2 amide bonds. The largest absolute Gasteiger partial charge is 0.348 e. The average Bonchev–Trinajstić information content (AvgIpc) is 3.05. The molecular weight excluding hydrogens is 372 g/mol. The summed E-state index contributed by atoms with van der Waals surface area (Å²) in [4.78, 5) is 54.7. The Kier molecular flexibility index (Phi) is 3.05. The molecule has 7 heteroatoms. The van der Waals surface area contributed by atoms with E-state index in [0.717, 1.165) is 0 Å². The number of carbonyl (C=O) groups excluding carboxylic acids is 4. The van der Waals surface area contributed by atoms with Gasteiger partial charge in [0.15, 0.2) is 17.2 Å². The van der Waals surface area contributed by atoms with Crippen LogP contribution in [0.15, 0.2) is 30.9 Å². The van der Waals surface area contributed by atoms with E-state index in [1.165, 1.54) is 11.0 Å². The van der Waals surface area contributed by atoms with E-state index in [1.54, 1.807) is 46.0 Å². The summed E-state index contributed by atoms with van der Waals surface area (Å²) in [6, 6.07) is 5.23. The maximum Gasteiger partial charge on any atom is 0.264 e. The van der Waals surface area contributed by atoms with Gasteiger partial charge in [-0.2, -0.15) is 0 Å². The summed E-state index contributed by atoms with van der Waals surface area (Å²) in [5.41, 5.74) is -3.95. The van der Waals surface area contributed by atoms with E-state index in [0.29, 0.717) is 23.2 Å². The molecule has 2 fully saturated rings. The fraction of sp³-hybridized carbons (Fsp3) is 0.455. The third-order valence-electron chi connectivity index (χ3n) is 7.94. The molecule has 2 aliphatic heterocycles. The summed E-state index contributed by atoms with van der Waals surface area (Å²) in [6.45, 7) is 9.04. The van der Waals surface area contributed by atoms with E-state index in [9.17, 15) is 19.2 Å². The predicted molar refractivity (Wildman–Crippen MR) is 103 cm³/mol. The smallest absolute Gasteiger partial charge is 0.264 e. The van der Waals surface area contributed by atoms with Crippen molar-refractivity contribution in [2.24, 2.45) is 16.7 Å². The molecule has 1 saturated heterocycles. The number of hydrogen-bond donors (Lipinski definition) is 1. The molecule has 5 rings (SSSR count). The van der Waals surface area contributed by atoms with Crippen LogP contribution < -0.4 is 10.2 Å². The Labute approximate surface area is 168 Å². The molecule has 29 heavy (non-hydrogen) atoms.